The van der Waals surface area contributed by atoms with Gasteiger partial charge < -0.3 is 30.2 Å². The van der Waals surface area contributed by atoms with Gasteiger partial charge in [0.05, 0.1) is 41.9 Å². The smallest absolute Gasteiger partial charge is 0.196 e. The number of aromatic amines is 1. The monoisotopic (exact) mass is 365 g/mol. The van der Waals surface area contributed by atoms with E-state index >= 15 is 0 Å². The van der Waals surface area contributed by atoms with E-state index in [-0.39, 0.29) is 11.9 Å². The Balaban J connectivity index is 1.85. The van der Waals surface area contributed by atoms with Crippen molar-refractivity contribution in [3.8, 4) is 17.4 Å². The van der Waals surface area contributed by atoms with Crippen LogP contribution in [-0.4, -0.2) is 23.3 Å². The Morgan fingerprint density at radius 2 is 1.74 bits per heavy atom. The summed E-state index contributed by atoms with van der Waals surface area (Å²) in [5, 5.41) is 17.4. The molecule has 2 aromatic carbocycles. The molecule has 0 aliphatic carbocycles. The van der Waals surface area contributed by atoms with E-state index in [1.807, 2.05) is 56.3 Å². The Morgan fingerprint density at radius 1 is 0.963 bits per heavy atom. The van der Waals surface area contributed by atoms with E-state index < -0.39 is 0 Å². The summed E-state index contributed by atoms with van der Waals surface area (Å²) < 4.78 is 11.5. The van der Waals surface area contributed by atoms with E-state index in [1.54, 1.807) is 6.20 Å². The Morgan fingerprint density at radius 3 is 2.52 bits per heavy atom. The van der Waals surface area contributed by atoms with E-state index in [4.69, 9.17) is 9.47 Å². The maximum Gasteiger partial charge on any atom is 0.196 e. The largest absolute Gasteiger partial charge is 0.494 e. The van der Waals surface area contributed by atoms with E-state index in [0.717, 1.165) is 39.7 Å². The number of aromatic nitrogens is 1. The number of nitrogens with one attached hydrogen (secondary N) is 3. The van der Waals surface area contributed by atoms with Crippen LogP contribution in [0, 0.1) is 0 Å². The second kappa shape index (κ2) is 7.15. The first-order valence-electron chi connectivity index (χ1n) is 9.13. The molecule has 1 aliphatic heterocycles. The first-order valence-corrected chi connectivity index (χ1v) is 9.13. The van der Waals surface area contributed by atoms with Crippen molar-refractivity contribution in [2.75, 3.05) is 23.8 Å². The summed E-state index contributed by atoms with van der Waals surface area (Å²) in [5.41, 5.74) is 4.40. The van der Waals surface area contributed by atoms with Gasteiger partial charge in [-0.25, -0.2) is 0 Å². The third-order valence-electron chi connectivity index (χ3n) is 4.59. The van der Waals surface area contributed by atoms with Crippen molar-refractivity contribution < 1.29 is 14.6 Å². The SMILES string of the molecule is CCOc1ccc(C2Nc3ccccc3Nc3c[nH]c(O)c32)c(OCC)c1. The minimum Gasteiger partial charge on any atom is -0.494 e. The average molecular weight is 365 g/mol. The molecule has 0 spiro atoms. The van der Waals surface area contributed by atoms with Crippen LogP contribution in [0.15, 0.2) is 48.7 Å². The van der Waals surface area contributed by atoms with Crippen LogP contribution in [-0.2, 0) is 0 Å². The maximum absolute atomic E-state index is 10.5. The molecule has 6 nitrogen and oxygen atoms in total. The lowest BCUT2D eigenvalue weighted by Crippen LogP contribution is -2.13. The topological polar surface area (TPSA) is 78.5 Å². The molecular weight excluding hydrogens is 342 g/mol. The summed E-state index contributed by atoms with van der Waals surface area (Å²) in [6.07, 6.45) is 1.77. The van der Waals surface area contributed by atoms with Gasteiger partial charge in [-0.05, 0) is 38.1 Å². The van der Waals surface area contributed by atoms with Crippen LogP contribution < -0.4 is 20.1 Å². The average Bonchev–Trinajstić information content (AvgIpc) is 2.93. The molecule has 0 fully saturated rings. The minimum absolute atomic E-state index is 0.124. The summed E-state index contributed by atoms with van der Waals surface area (Å²) in [6, 6.07) is 13.5. The summed E-state index contributed by atoms with van der Waals surface area (Å²) >= 11 is 0. The molecular formula is C21H23N3O3. The fourth-order valence-corrected chi connectivity index (χ4v) is 3.43. The van der Waals surface area contributed by atoms with Gasteiger partial charge >= 0.3 is 0 Å². The van der Waals surface area contributed by atoms with Gasteiger partial charge in [-0.2, -0.15) is 0 Å². The number of H-pyrrole nitrogens is 1. The minimum atomic E-state index is -0.292. The van der Waals surface area contributed by atoms with Gasteiger partial charge in [0.1, 0.15) is 11.5 Å². The number of benzene rings is 2. The molecule has 4 N–H and O–H groups in total. The summed E-state index contributed by atoms with van der Waals surface area (Å²) in [7, 11) is 0. The van der Waals surface area contributed by atoms with Gasteiger partial charge in [0.25, 0.3) is 0 Å². The zero-order valence-electron chi connectivity index (χ0n) is 15.4. The Bertz CT molecular complexity index is 952. The molecule has 1 aliphatic rings. The molecule has 0 saturated carbocycles. The van der Waals surface area contributed by atoms with Crippen molar-refractivity contribution in [2.45, 2.75) is 19.9 Å². The quantitative estimate of drug-likeness (QED) is 0.523. The molecule has 1 aromatic heterocycles. The van der Waals surface area contributed by atoms with Gasteiger partial charge in [-0.3, -0.25) is 0 Å². The number of ether oxygens (including phenoxy) is 2. The van der Waals surface area contributed by atoms with Crippen molar-refractivity contribution in [3.63, 3.8) is 0 Å². The molecule has 0 amide bonds. The zero-order valence-corrected chi connectivity index (χ0v) is 15.4. The van der Waals surface area contributed by atoms with Crippen molar-refractivity contribution >= 4 is 17.1 Å². The van der Waals surface area contributed by atoms with Gasteiger partial charge in [0, 0.05) is 17.8 Å². The fraction of sp³-hybridized carbons (Fsp3) is 0.238. The normalized spacial score (nSPS) is 15.0. The van der Waals surface area contributed by atoms with E-state index in [0.29, 0.717) is 13.2 Å². The summed E-state index contributed by atoms with van der Waals surface area (Å²) in [6.45, 7) is 5.03. The molecule has 2 heterocycles. The number of aromatic hydroxyl groups is 1. The van der Waals surface area contributed by atoms with Crippen molar-refractivity contribution in [1.29, 1.82) is 0 Å². The number of anilines is 3. The van der Waals surface area contributed by atoms with Crippen molar-refractivity contribution in [1.82, 2.24) is 4.98 Å². The van der Waals surface area contributed by atoms with Crippen molar-refractivity contribution in [2.24, 2.45) is 0 Å². The number of hydrogen-bond acceptors (Lipinski definition) is 5. The molecule has 0 radical (unpaired) electrons. The lowest BCUT2D eigenvalue weighted by molar-refractivity contribution is 0.320. The zero-order chi connectivity index (χ0) is 18.8. The molecule has 1 unspecified atom stereocenters. The molecule has 0 saturated heterocycles. The lowest BCUT2D eigenvalue weighted by atomic mass is 9.98. The molecule has 3 aromatic rings. The molecule has 0 bridgehead atoms. The van der Waals surface area contributed by atoms with Crippen LogP contribution in [0.4, 0.5) is 17.1 Å². The van der Waals surface area contributed by atoms with Crippen molar-refractivity contribution in [3.05, 3.63) is 59.8 Å². The number of rotatable bonds is 5. The van der Waals surface area contributed by atoms with Gasteiger partial charge in [-0.15, -0.1) is 0 Å². The van der Waals surface area contributed by atoms with E-state index in [2.05, 4.69) is 15.6 Å². The summed E-state index contributed by atoms with van der Waals surface area (Å²) in [4.78, 5) is 2.91. The van der Waals surface area contributed by atoms with Gasteiger partial charge in [0.15, 0.2) is 5.88 Å². The highest BCUT2D eigenvalue weighted by atomic mass is 16.5. The van der Waals surface area contributed by atoms with Crippen LogP contribution >= 0.6 is 0 Å². The number of fused-ring (bicyclic) bond motifs is 2. The highest BCUT2D eigenvalue weighted by Gasteiger charge is 2.29. The Labute approximate surface area is 158 Å². The maximum atomic E-state index is 10.5. The number of para-hydroxylation sites is 2. The highest BCUT2D eigenvalue weighted by Crippen LogP contribution is 2.46. The standard InChI is InChI=1S/C21H23N3O3/c1-3-26-13-9-10-14(18(11-13)27-4-2)20-19-17(12-22-21(19)25)23-15-7-5-6-8-16(15)24-20/h5-12,20,22-25H,3-4H2,1-2H3. The molecule has 140 valence electrons. The van der Waals surface area contributed by atoms with E-state index in [9.17, 15) is 5.11 Å². The first kappa shape index (κ1) is 17.1. The Hall–Kier alpha value is -3.28. The third-order valence-corrected chi connectivity index (χ3v) is 4.59. The molecule has 1 atom stereocenters. The highest BCUT2D eigenvalue weighted by molar-refractivity contribution is 5.81. The van der Waals surface area contributed by atoms with Crippen LogP contribution in [0.3, 0.4) is 0 Å². The Kier molecular flexibility index (Phi) is 4.54. The third kappa shape index (κ3) is 3.14. The van der Waals surface area contributed by atoms with Crippen LogP contribution in [0.5, 0.6) is 17.4 Å². The molecule has 4 rings (SSSR count). The van der Waals surface area contributed by atoms with Crippen LogP contribution in [0.1, 0.15) is 31.0 Å². The second-order valence-corrected chi connectivity index (χ2v) is 6.28. The molecule has 6 heteroatoms. The van der Waals surface area contributed by atoms with Gasteiger partial charge in [-0.1, -0.05) is 12.1 Å². The number of hydrogen-bond donors (Lipinski definition) is 4. The van der Waals surface area contributed by atoms with E-state index in [1.165, 1.54) is 0 Å². The predicted octanol–water partition coefficient (Wildman–Crippen LogP) is 4.78. The summed E-state index contributed by atoms with van der Waals surface area (Å²) in [5.74, 6) is 1.61. The molecule has 27 heavy (non-hydrogen) atoms. The first-order chi connectivity index (χ1) is 13.2. The second-order valence-electron chi connectivity index (χ2n) is 6.28. The van der Waals surface area contributed by atoms with Crippen LogP contribution in [0.2, 0.25) is 0 Å². The predicted molar refractivity (Wildman–Crippen MR) is 106 cm³/mol. The fourth-order valence-electron chi connectivity index (χ4n) is 3.43. The lowest BCUT2D eigenvalue weighted by Gasteiger charge is -2.22. The van der Waals surface area contributed by atoms with Crippen LogP contribution in [0.25, 0.3) is 0 Å². The van der Waals surface area contributed by atoms with Gasteiger partial charge in [0.2, 0.25) is 0 Å².